The first-order valence-electron chi connectivity index (χ1n) is 7.79. The van der Waals surface area contributed by atoms with E-state index in [0.29, 0.717) is 18.8 Å². The number of thiocarbonyl (C=S) groups is 1. The lowest BCUT2D eigenvalue weighted by molar-refractivity contribution is 0.395. The van der Waals surface area contributed by atoms with Crippen molar-refractivity contribution in [2.45, 2.75) is 44.4 Å². The van der Waals surface area contributed by atoms with Gasteiger partial charge in [0.15, 0.2) is 5.11 Å². The number of halogens is 2. The highest BCUT2D eigenvalue weighted by Crippen LogP contribution is 2.33. The standard InChI is InChI=1S/C15H23Cl2N3O2S2/c1-3-5-7-20(8-6-4-2)24(21,22)14-10-11(16)13(9-12(14)17)19-15(18)23/h9-10H,3-8H2,1-2H3,(H3,18,19,23). The molecule has 9 heteroatoms. The summed E-state index contributed by atoms with van der Waals surface area (Å²) < 4.78 is 27.4. The number of hydrogen-bond donors (Lipinski definition) is 2. The molecule has 0 aromatic heterocycles. The largest absolute Gasteiger partial charge is 0.376 e. The van der Waals surface area contributed by atoms with Gasteiger partial charge in [-0.05, 0) is 37.2 Å². The third-order valence-electron chi connectivity index (χ3n) is 3.42. The second-order valence-corrected chi connectivity index (χ2v) is 8.52. The van der Waals surface area contributed by atoms with Gasteiger partial charge in [-0.1, -0.05) is 49.9 Å². The van der Waals surface area contributed by atoms with Gasteiger partial charge in [0.05, 0.1) is 15.7 Å². The molecule has 0 saturated carbocycles. The Morgan fingerprint density at radius 2 is 1.71 bits per heavy atom. The molecular weight excluding hydrogens is 389 g/mol. The third kappa shape index (κ3) is 5.74. The lowest BCUT2D eigenvalue weighted by atomic mass is 10.3. The Hall–Kier alpha value is -0.600. The molecule has 5 nitrogen and oxygen atoms in total. The van der Waals surface area contributed by atoms with Crippen LogP contribution in [0.5, 0.6) is 0 Å². The molecule has 24 heavy (non-hydrogen) atoms. The summed E-state index contributed by atoms with van der Waals surface area (Å²) in [5.41, 5.74) is 5.79. The van der Waals surface area contributed by atoms with E-state index in [2.05, 4.69) is 5.32 Å². The van der Waals surface area contributed by atoms with Gasteiger partial charge >= 0.3 is 0 Å². The Balaban J connectivity index is 3.23. The van der Waals surface area contributed by atoms with E-state index < -0.39 is 10.0 Å². The molecular formula is C15H23Cl2N3O2S2. The Labute approximate surface area is 159 Å². The van der Waals surface area contributed by atoms with Crippen LogP contribution >= 0.6 is 35.4 Å². The zero-order valence-electron chi connectivity index (χ0n) is 13.8. The van der Waals surface area contributed by atoms with Gasteiger partial charge < -0.3 is 11.1 Å². The van der Waals surface area contributed by atoms with Crippen LogP contribution in [0.2, 0.25) is 10.0 Å². The Bertz CT molecular complexity index is 674. The third-order valence-corrected chi connectivity index (χ3v) is 6.20. The van der Waals surface area contributed by atoms with Crippen molar-refractivity contribution in [1.29, 1.82) is 0 Å². The maximum absolute atomic E-state index is 13.0. The molecule has 0 heterocycles. The van der Waals surface area contributed by atoms with Gasteiger partial charge in [0.2, 0.25) is 10.0 Å². The highest BCUT2D eigenvalue weighted by molar-refractivity contribution is 7.89. The van der Waals surface area contributed by atoms with Crippen LogP contribution in [-0.4, -0.2) is 30.9 Å². The molecule has 0 unspecified atom stereocenters. The zero-order valence-corrected chi connectivity index (χ0v) is 17.0. The zero-order chi connectivity index (χ0) is 18.3. The van der Waals surface area contributed by atoms with Crippen LogP contribution in [0.25, 0.3) is 0 Å². The predicted molar refractivity (Wildman–Crippen MR) is 105 cm³/mol. The topological polar surface area (TPSA) is 75.4 Å². The van der Waals surface area contributed by atoms with E-state index in [0.717, 1.165) is 25.7 Å². The van der Waals surface area contributed by atoms with Crippen molar-refractivity contribution in [3.05, 3.63) is 22.2 Å². The number of sulfonamides is 1. The molecule has 0 aliphatic carbocycles. The van der Waals surface area contributed by atoms with Gasteiger partial charge in [0, 0.05) is 13.1 Å². The van der Waals surface area contributed by atoms with Gasteiger partial charge in [0.1, 0.15) is 4.90 Å². The lowest BCUT2D eigenvalue weighted by Gasteiger charge is -2.23. The molecule has 3 N–H and O–H groups in total. The average molecular weight is 412 g/mol. The molecule has 0 fully saturated rings. The second kappa shape index (κ2) is 9.77. The van der Waals surface area contributed by atoms with E-state index in [1.54, 1.807) is 0 Å². The Kier molecular flexibility index (Phi) is 8.73. The van der Waals surface area contributed by atoms with E-state index in [-0.39, 0.29) is 20.1 Å². The summed E-state index contributed by atoms with van der Waals surface area (Å²) in [4.78, 5) is -0.00476. The summed E-state index contributed by atoms with van der Waals surface area (Å²) in [5, 5.41) is 2.97. The van der Waals surface area contributed by atoms with Crippen molar-refractivity contribution in [3.63, 3.8) is 0 Å². The van der Waals surface area contributed by atoms with Gasteiger partial charge in [-0.2, -0.15) is 4.31 Å². The van der Waals surface area contributed by atoms with Crippen molar-refractivity contribution in [2.75, 3.05) is 18.4 Å². The first-order chi connectivity index (χ1) is 11.2. The number of unbranched alkanes of at least 4 members (excludes halogenated alkanes) is 2. The molecule has 0 bridgehead atoms. The molecule has 0 amide bonds. The highest BCUT2D eigenvalue weighted by Gasteiger charge is 2.27. The SMILES string of the molecule is CCCCN(CCCC)S(=O)(=O)c1cc(Cl)c(NC(N)=S)cc1Cl. The molecule has 0 spiro atoms. The summed E-state index contributed by atoms with van der Waals surface area (Å²) in [6, 6.07) is 2.76. The first-order valence-corrected chi connectivity index (χ1v) is 10.4. The van der Waals surface area contributed by atoms with Crippen molar-refractivity contribution in [1.82, 2.24) is 4.31 Å². The van der Waals surface area contributed by atoms with Gasteiger partial charge in [0.25, 0.3) is 0 Å². The number of anilines is 1. The minimum Gasteiger partial charge on any atom is -0.376 e. The fourth-order valence-corrected chi connectivity index (χ4v) is 4.55. The molecule has 1 rings (SSSR count). The van der Waals surface area contributed by atoms with E-state index >= 15 is 0 Å². The molecule has 136 valence electrons. The van der Waals surface area contributed by atoms with Gasteiger partial charge in [-0.25, -0.2) is 8.42 Å². The van der Waals surface area contributed by atoms with Crippen molar-refractivity contribution in [2.24, 2.45) is 5.73 Å². The fraction of sp³-hybridized carbons (Fsp3) is 0.533. The molecule has 0 saturated heterocycles. The van der Waals surface area contributed by atoms with Gasteiger partial charge in [-0.15, -0.1) is 0 Å². The maximum atomic E-state index is 13.0. The van der Waals surface area contributed by atoms with E-state index in [1.165, 1.54) is 16.4 Å². The quantitative estimate of drug-likeness (QED) is 0.594. The smallest absolute Gasteiger partial charge is 0.244 e. The lowest BCUT2D eigenvalue weighted by Crippen LogP contribution is -2.33. The number of nitrogens with two attached hydrogens (primary N) is 1. The van der Waals surface area contributed by atoms with Crippen molar-refractivity contribution in [3.8, 4) is 0 Å². The van der Waals surface area contributed by atoms with Crippen LogP contribution < -0.4 is 11.1 Å². The average Bonchev–Trinajstić information content (AvgIpc) is 2.49. The van der Waals surface area contributed by atoms with Crippen LogP contribution in [0.3, 0.4) is 0 Å². The number of nitrogens with one attached hydrogen (secondary N) is 1. The summed E-state index contributed by atoms with van der Waals surface area (Å²) >= 11 is 17.1. The van der Waals surface area contributed by atoms with E-state index in [1.807, 2.05) is 13.8 Å². The van der Waals surface area contributed by atoms with Crippen molar-refractivity contribution < 1.29 is 8.42 Å². The van der Waals surface area contributed by atoms with Crippen LogP contribution in [0.15, 0.2) is 17.0 Å². The van der Waals surface area contributed by atoms with Crippen LogP contribution in [-0.2, 0) is 10.0 Å². The number of hydrogen-bond acceptors (Lipinski definition) is 3. The fourth-order valence-electron chi connectivity index (χ4n) is 2.11. The number of nitrogens with zero attached hydrogens (tertiary/aromatic N) is 1. The number of benzene rings is 1. The summed E-state index contributed by atoms with van der Waals surface area (Å²) in [6.45, 7) is 4.95. The summed E-state index contributed by atoms with van der Waals surface area (Å²) in [6.07, 6.45) is 3.39. The molecule has 0 radical (unpaired) electrons. The highest BCUT2D eigenvalue weighted by atomic mass is 35.5. The predicted octanol–water partition coefficient (Wildman–Crippen LogP) is 4.24. The first kappa shape index (κ1) is 21.4. The molecule has 1 aromatic carbocycles. The van der Waals surface area contributed by atoms with E-state index in [4.69, 9.17) is 41.2 Å². The Morgan fingerprint density at radius 1 is 1.17 bits per heavy atom. The normalized spacial score (nSPS) is 11.7. The van der Waals surface area contributed by atoms with Crippen LogP contribution in [0, 0.1) is 0 Å². The maximum Gasteiger partial charge on any atom is 0.244 e. The molecule has 0 atom stereocenters. The number of rotatable bonds is 9. The Morgan fingerprint density at radius 3 is 2.17 bits per heavy atom. The van der Waals surface area contributed by atoms with Crippen LogP contribution in [0.1, 0.15) is 39.5 Å². The molecule has 1 aromatic rings. The molecule has 0 aliphatic rings. The van der Waals surface area contributed by atoms with Gasteiger partial charge in [-0.3, -0.25) is 0 Å². The summed E-state index contributed by atoms with van der Waals surface area (Å²) in [5.74, 6) is 0. The summed E-state index contributed by atoms with van der Waals surface area (Å²) in [7, 11) is -3.72. The monoisotopic (exact) mass is 411 g/mol. The minimum atomic E-state index is -3.72. The second-order valence-electron chi connectivity index (χ2n) is 5.36. The van der Waals surface area contributed by atoms with E-state index in [9.17, 15) is 8.42 Å². The van der Waals surface area contributed by atoms with Crippen molar-refractivity contribution >= 4 is 56.2 Å². The minimum absolute atomic E-state index is 0.00476. The molecule has 0 aliphatic heterocycles. The van der Waals surface area contributed by atoms with Crippen LogP contribution in [0.4, 0.5) is 5.69 Å².